The summed E-state index contributed by atoms with van der Waals surface area (Å²) < 4.78 is 42.4. The molecule has 12 rings (SSSR count). The predicted molar refractivity (Wildman–Crippen MR) is 270 cm³/mol. The van der Waals surface area contributed by atoms with E-state index in [2.05, 4.69) is 20.6 Å². The highest BCUT2D eigenvalue weighted by molar-refractivity contribution is 5.96. The number of pyridine rings is 4. The van der Waals surface area contributed by atoms with Crippen molar-refractivity contribution in [2.45, 2.75) is 63.1 Å². The van der Waals surface area contributed by atoms with Crippen molar-refractivity contribution in [2.24, 2.45) is 0 Å². The lowest BCUT2D eigenvalue weighted by molar-refractivity contribution is -0.119. The molecular weight excluding hydrogens is 1000 g/mol. The molecule has 6 aromatic rings. The van der Waals surface area contributed by atoms with Gasteiger partial charge in [-0.05, 0) is 72.9 Å². The number of nitrogens with zero attached hydrogens (tertiary/aromatic N) is 8. The molecule has 10 heterocycles. The van der Waals surface area contributed by atoms with Crippen LogP contribution in [0.4, 0.5) is 42.4 Å². The monoisotopic (exact) mass is 1050 g/mol. The third-order valence-electron chi connectivity index (χ3n) is 14.3. The van der Waals surface area contributed by atoms with Gasteiger partial charge in [0.15, 0.2) is 49.9 Å². The average Bonchev–Trinajstić information content (AvgIpc) is 4.25. The second kappa shape index (κ2) is 20.1. The van der Waals surface area contributed by atoms with Crippen molar-refractivity contribution in [3.05, 3.63) is 117 Å². The topological polar surface area (TPSA) is 274 Å². The lowest BCUT2D eigenvalue weighted by Gasteiger charge is -2.29. The van der Waals surface area contributed by atoms with Crippen molar-refractivity contribution in [2.75, 3.05) is 73.4 Å². The van der Waals surface area contributed by atoms with Crippen LogP contribution in [0.5, 0.6) is 11.5 Å². The number of ether oxygens (including phenoxy) is 7. The van der Waals surface area contributed by atoms with E-state index >= 15 is 0 Å². The highest BCUT2D eigenvalue weighted by Crippen LogP contribution is 2.38. The van der Waals surface area contributed by atoms with E-state index in [1.54, 1.807) is 45.5 Å². The summed E-state index contributed by atoms with van der Waals surface area (Å²) in [4.78, 5) is 119. The van der Waals surface area contributed by atoms with Gasteiger partial charge >= 0.3 is 24.4 Å². The van der Waals surface area contributed by atoms with Gasteiger partial charge in [0.1, 0.15) is 23.8 Å². The minimum absolute atomic E-state index is 0.124. The second-order valence-electron chi connectivity index (χ2n) is 19.0. The first-order valence-electron chi connectivity index (χ1n) is 25.0. The molecule has 2 N–H and O–H groups in total. The summed E-state index contributed by atoms with van der Waals surface area (Å²) in [5.74, 6) is 0.942. The summed E-state index contributed by atoms with van der Waals surface area (Å²) in [6.07, 6.45) is -2.56. The molecule has 4 atom stereocenters. The fourth-order valence-corrected chi connectivity index (χ4v) is 10.8. The van der Waals surface area contributed by atoms with Crippen LogP contribution >= 0.6 is 0 Å². The van der Waals surface area contributed by atoms with Crippen LogP contribution in [0, 0.1) is 0 Å². The molecule has 6 aliphatic heterocycles. The molecule has 0 unspecified atom stereocenters. The van der Waals surface area contributed by atoms with Crippen LogP contribution in [-0.4, -0.2) is 130 Å². The lowest BCUT2D eigenvalue weighted by Crippen LogP contribution is -2.38. The Morgan fingerprint density at radius 1 is 0.571 bits per heavy atom. The number of benzene rings is 2. The largest absolute Gasteiger partial charge is 0.480 e. The van der Waals surface area contributed by atoms with Crippen LogP contribution in [0.15, 0.2) is 94.5 Å². The lowest BCUT2D eigenvalue weighted by atomic mass is 10.0. The molecule has 0 saturated carbocycles. The van der Waals surface area contributed by atoms with Gasteiger partial charge in [-0.3, -0.25) is 38.8 Å². The summed E-state index contributed by atoms with van der Waals surface area (Å²) in [7, 11) is 0. The third-order valence-corrected chi connectivity index (χ3v) is 14.3. The van der Waals surface area contributed by atoms with Crippen LogP contribution in [0.1, 0.15) is 48.9 Å². The Hall–Kier alpha value is -9.26. The van der Waals surface area contributed by atoms with E-state index in [9.17, 15) is 38.4 Å². The number of anilines is 4. The molecule has 0 aliphatic carbocycles. The van der Waals surface area contributed by atoms with Gasteiger partial charge in [-0.25, -0.2) is 29.1 Å². The van der Waals surface area contributed by atoms with E-state index in [4.69, 9.17) is 33.2 Å². The molecule has 2 fully saturated rings. The van der Waals surface area contributed by atoms with Gasteiger partial charge in [0.05, 0.1) is 49.3 Å². The molecule has 0 radical (unpaired) electrons. The smallest absolute Gasteiger partial charge is 0.415 e. The fourth-order valence-electron chi connectivity index (χ4n) is 10.8. The summed E-state index contributed by atoms with van der Waals surface area (Å²) in [5.41, 5.74) is 2.42. The Morgan fingerprint density at radius 3 is 1.48 bits per heavy atom. The van der Waals surface area contributed by atoms with Crippen molar-refractivity contribution in [3.63, 3.8) is 0 Å². The number of aromatic nitrogens is 4. The summed E-state index contributed by atoms with van der Waals surface area (Å²) in [6, 6.07) is 22.8. The molecule has 25 nitrogen and oxygen atoms in total. The van der Waals surface area contributed by atoms with Crippen molar-refractivity contribution in [3.8, 4) is 11.5 Å². The number of fused-ring (bicyclic) bond motifs is 2. The van der Waals surface area contributed by atoms with Gasteiger partial charge in [-0.15, -0.1) is 0 Å². The Morgan fingerprint density at radius 2 is 1.03 bits per heavy atom. The van der Waals surface area contributed by atoms with Crippen LogP contribution in [0.2, 0.25) is 0 Å². The van der Waals surface area contributed by atoms with Gasteiger partial charge in [0, 0.05) is 36.3 Å². The Balaban J connectivity index is 0.691. The highest BCUT2D eigenvalue weighted by Gasteiger charge is 2.39. The number of rotatable bonds is 16. The second-order valence-corrected chi connectivity index (χ2v) is 19.0. The molecular formula is C52H48N10O15. The van der Waals surface area contributed by atoms with E-state index in [0.717, 1.165) is 21.9 Å². The van der Waals surface area contributed by atoms with E-state index in [1.807, 2.05) is 36.4 Å². The number of carbonyl (C=O) groups excluding carboxylic acids is 6. The standard InChI is InChI=1S/C52H48N10O15/c63-41-25-72-37-13-15-39(53-47(37)55-41)59-21-31(76-51(59)69)7-3-19-57(35-23-61-43(65)17-11-29-5-1-9-33(35)45(29)61)49(67)74-27-71-28-75-50(68)58(36-24-62-44(66)18-12-30-6-2-10-34(36)46(30)62)20-4-8-32-22-60(52(70)77-32)40-16-14-38-48(54-40)56-42(64)26-73-38/h1-2,5-6,9-18,31-32,35-36H,3-4,7-8,19-28H2,(H,53,55,63)(H,54,56,64)/t31-,32-,35+,36+/m0/s1. The number of hydrogen-bond donors (Lipinski definition) is 2. The van der Waals surface area contributed by atoms with Crippen molar-refractivity contribution < 1.29 is 61.9 Å². The first kappa shape index (κ1) is 48.7. The van der Waals surface area contributed by atoms with Gasteiger partial charge in [0.2, 0.25) is 0 Å². The van der Waals surface area contributed by atoms with Crippen molar-refractivity contribution >= 4 is 81.3 Å². The van der Waals surface area contributed by atoms with Crippen LogP contribution in [-0.2, 0) is 46.4 Å². The van der Waals surface area contributed by atoms with Gasteiger partial charge in [-0.1, -0.05) is 36.4 Å². The number of carbonyl (C=O) groups is 6. The molecule has 0 bridgehead atoms. The zero-order chi connectivity index (χ0) is 52.9. The maximum Gasteiger partial charge on any atom is 0.415 e. The predicted octanol–water partition coefficient (Wildman–Crippen LogP) is 5.00. The Labute approximate surface area is 435 Å². The van der Waals surface area contributed by atoms with E-state index < -0.39 is 62.3 Å². The van der Waals surface area contributed by atoms with E-state index in [0.29, 0.717) is 48.2 Å². The Kier molecular flexibility index (Phi) is 12.7. The minimum Gasteiger partial charge on any atom is -0.480 e. The number of nitrogens with one attached hydrogen (secondary N) is 2. The first-order valence-corrected chi connectivity index (χ1v) is 25.0. The van der Waals surface area contributed by atoms with E-state index in [-0.39, 0.29) is 98.7 Å². The molecule has 2 aromatic carbocycles. The zero-order valence-corrected chi connectivity index (χ0v) is 41.0. The number of hydrogen-bond acceptors (Lipinski definition) is 17. The quantitative estimate of drug-likeness (QED) is 0.0733. The summed E-state index contributed by atoms with van der Waals surface area (Å²) in [6.45, 7) is -0.646. The normalized spacial score (nSPS) is 19.7. The molecule has 6 aliphatic rings. The molecule has 2 saturated heterocycles. The number of cyclic esters (lactones) is 2. The fraction of sp³-hybridized carbons (Fsp3) is 0.346. The average molecular weight is 1050 g/mol. The SMILES string of the molecule is O=C1COc2ccc(N3C[C@H](CCCN(C(=O)OCOCOC(=O)N(CCC[C@H]4CN(c5ccc6c(n5)NC(=O)CO6)C(=O)O4)[C@@H]4Cn5c(=O)ccc6cccc4c65)[C@@H]4Cn5c(=O)ccc6cccc4c65)OC3=O)nc2N1. The van der Waals surface area contributed by atoms with Crippen molar-refractivity contribution in [1.29, 1.82) is 0 Å². The maximum absolute atomic E-state index is 14.2. The molecule has 6 amide bonds. The summed E-state index contributed by atoms with van der Waals surface area (Å²) in [5, 5.41) is 6.92. The molecule has 77 heavy (non-hydrogen) atoms. The van der Waals surface area contributed by atoms with Crippen LogP contribution in [0.3, 0.4) is 0 Å². The van der Waals surface area contributed by atoms with Gasteiger partial charge in [0.25, 0.3) is 22.9 Å². The van der Waals surface area contributed by atoms with Gasteiger partial charge < -0.3 is 52.9 Å². The third kappa shape index (κ3) is 9.37. The number of para-hydroxylation sites is 2. The molecule has 396 valence electrons. The molecule has 4 aromatic heterocycles. The highest BCUT2D eigenvalue weighted by atomic mass is 16.8. The van der Waals surface area contributed by atoms with Gasteiger partial charge in [-0.2, -0.15) is 0 Å². The van der Waals surface area contributed by atoms with E-state index in [1.165, 1.54) is 31.7 Å². The molecule has 25 heteroatoms. The minimum atomic E-state index is -0.773. The maximum atomic E-state index is 14.2. The van der Waals surface area contributed by atoms with Crippen LogP contribution < -0.4 is 41.0 Å². The first-order chi connectivity index (χ1) is 37.4. The Bertz CT molecular complexity index is 3320. The summed E-state index contributed by atoms with van der Waals surface area (Å²) >= 11 is 0. The van der Waals surface area contributed by atoms with Crippen molar-refractivity contribution in [1.82, 2.24) is 28.9 Å². The number of amides is 6. The van der Waals surface area contributed by atoms with Crippen LogP contribution in [0.25, 0.3) is 21.8 Å². The zero-order valence-electron chi connectivity index (χ0n) is 41.0. The molecule has 0 spiro atoms.